The fourth-order valence-corrected chi connectivity index (χ4v) is 2.10. The summed E-state index contributed by atoms with van der Waals surface area (Å²) in [6.07, 6.45) is 7.15. The normalized spacial score (nSPS) is 24.8. The fourth-order valence-electron chi connectivity index (χ4n) is 2.10. The summed E-state index contributed by atoms with van der Waals surface area (Å²) in [6.45, 7) is 6.79. The second-order valence-corrected chi connectivity index (χ2v) is 4.73. The molecule has 2 rings (SSSR count). The summed E-state index contributed by atoms with van der Waals surface area (Å²) in [6, 6.07) is 0. The molecule has 0 saturated carbocycles. The third kappa shape index (κ3) is 3.01. The molecule has 0 bridgehead atoms. The predicted octanol–water partition coefficient (Wildman–Crippen LogP) is 2.00. The van der Waals surface area contributed by atoms with Gasteiger partial charge < -0.3 is 10.1 Å². The maximum Gasteiger partial charge on any atom is 0.159 e. The van der Waals surface area contributed by atoms with Gasteiger partial charge >= 0.3 is 0 Å². The van der Waals surface area contributed by atoms with E-state index in [2.05, 4.69) is 29.1 Å². The van der Waals surface area contributed by atoms with Crippen molar-refractivity contribution in [3.8, 4) is 0 Å². The Kier molecular flexibility index (Phi) is 4.07. The minimum Gasteiger partial charge on any atom is -0.367 e. The van der Waals surface area contributed by atoms with Crippen LogP contribution in [0.2, 0.25) is 0 Å². The van der Waals surface area contributed by atoms with Crippen LogP contribution in [0.15, 0.2) is 12.4 Å². The van der Waals surface area contributed by atoms with Crippen molar-refractivity contribution in [3.05, 3.63) is 23.8 Å². The molecule has 0 aliphatic carbocycles. The van der Waals surface area contributed by atoms with Crippen molar-refractivity contribution in [1.82, 2.24) is 15.3 Å². The molecule has 0 aromatic carbocycles. The smallest absolute Gasteiger partial charge is 0.159 e. The second-order valence-electron chi connectivity index (χ2n) is 4.73. The molecule has 0 amide bonds. The van der Waals surface area contributed by atoms with Crippen LogP contribution >= 0.6 is 0 Å². The number of ether oxygens (including phenoxy) is 1. The Bertz CT molecular complexity index is 344. The van der Waals surface area contributed by atoms with Gasteiger partial charge in [0, 0.05) is 31.1 Å². The van der Waals surface area contributed by atoms with Crippen molar-refractivity contribution in [2.24, 2.45) is 0 Å². The van der Waals surface area contributed by atoms with Gasteiger partial charge in [-0.25, -0.2) is 9.97 Å². The first-order chi connectivity index (χ1) is 8.24. The van der Waals surface area contributed by atoms with Crippen LogP contribution in [0.5, 0.6) is 0 Å². The van der Waals surface area contributed by atoms with Gasteiger partial charge in [-0.3, -0.25) is 0 Å². The third-order valence-electron chi connectivity index (χ3n) is 3.23. The highest BCUT2D eigenvalue weighted by Gasteiger charge is 2.32. The van der Waals surface area contributed by atoms with Gasteiger partial charge in [0.15, 0.2) is 5.82 Å². The third-order valence-corrected chi connectivity index (χ3v) is 3.23. The maximum absolute atomic E-state index is 5.83. The maximum atomic E-state index is 5.83. The molecule has 94 valence electrons. The summed E-state index contributed by atoms with van der Waals surface area (Å²) in [7, 11) is 0. The summed E-state index contributed by atoms with van der Waals surface area (Å²) in [5.41, 5.74) is 0.838. The van der Waals surface area contributed by atoms with E-state index in [-0.39, 0.29) is 5.60 Å². The number of nitrogens with one attached hydrogen (secondary N) is 1. The molecular weight excluding hydrogens is 214 g/mol. The highest BCUT2D eigenvalue weighted by atomic mass is 16.5. The van der Waals surface area contributed by atoms with Crippen LogP contribution in [0.4, 0.5) is 0 Å². The Labute approximate surface area is 103 Å². The van der Waals surface area contributed by atoms with Crippen LogP contribution in [0, 0.1) is 0 Å². The van der Waals surface area contributed by atoms with E-state index in [9.17, 15) is 0 Å². The molecule has 4 nitrogen and oxygen atoms in total. The van der Waals surface area contributed by atoms with Crippen molar-refractivity contribution < 1.29 is 4.74 Å². The molecule has 17 heavy (non-hydrogen) atoms. The Morgan fingerprint density at radius 1 is 1.35 bits per heavy atom. The molecule has 1 fully saturated rings. The van der Waals surface area contributed by atoms with E-state index < -0.39 is 0 Å². The van der Waals surface area contributed by atoms with Gasteiger partial charge in [0.1, 0.15) is 5.60 Å². The molecule has 1 N–H and O–H groups in total. The minimum absolute atomic E-state index is 0.283. The Balaban J connectivity index is 2.06. The van der Waals surface area contributed by atoms with Gasteiger partial charge in [-0.1, -0.05) is 6.92 Å². The lowest BCUT2D eigenvalue weighted by Crippen LogP contribution is -2.32. The largest absolute Gasteiger partial charge is 0.367 e. The number of nitrogens with zero attached hydrogens (tertiary/aromatic N) is 2. The molecule has 1 unspecified atom stereocenters. The van der Waals surface area contributed by atoms with Crippen molar-refractivity contribution in [2.75, 3.05) is 13.2 Å². The molecule has 1 aromatic rings. The molecule has 1 aliphatic heterocycles. The molecule has 1 aromatic heterocycles. The van der Waals surface area contributed by atoms with Gasteiger partial charge in [-0.15, -0.1) is 0 Å². The second kappa shape index (κ2) is 5.56. The van der Waals surface area contributed by atoms with E-state index in [1.54, 1.807) is 0 Å². The first-order valence-electron chi connectivity index (χ1n) is 6.41. The summed E-state index contributed by atoms with van der Waals surface area (Å²) >= 11 is 0. The van der Waals surface area contributed by atoms with Crippen LogP contribution in [0.25, 0.3) is 0 Å². The molecule has 1 aliphatic rings. The summed E-state index contributed by atoms with van der Waals surface area (Å²) in [4.78, 5) is 8.90. The molecular formula is C13H21N3O. The quantitative estimate of drug-likeness (QED) is 0.867. The highest BCUT2D eigenvalue weighted by Crippen LogP contribution is 2.32. The number of aromatic nitrogens is 2. The van der Waals surface area contributed by atoms with Gasteiger partial charge in [-0.2, -0.15) is 0 Å². The summed E-state index contributed by atoms with van der Waals surface area (Å²) < 4.78 is 5.83. The number of hydrogen-bond acceptors (Lipinski definition) is 4. The molecule has 1 saturated heterocycles. The lowest BCUT2D eigenvalue weighted by Gasteiger charge is -2.32. The van der Waals surface area contributed by atoms with Crippen molar-refractivity contribution in [2.45, 2.75) is 45.3 Å². The van der Waals surface area contributed by atoms with E-state index in [0.717, 1.165) is 43.9 Å². The Morgan fingerprint density at radius 3 is 2.71 bits per heavy atom. The average Bonchev–Trinajstić information content (AvgIpc) is 2.38. The SMILES string of the molecule is CCNCc1cnc(C2(C)CCCCO2)nc1. The van der Waals surface area contributed by atoms with Crippen molar-refractivity contribution in [1.29, 1.82) is 0 Å². The van der Waals surface area contributed by atoms with E-state index in [1.807, 2.05) is 12.4 Å². The highest BCUT2D eigenvalue weighted by molar-refractivity contribution is 5.09. The predicted molar refractivity (Wildman–Crippen MR) is 66.6 cm³/mol. The zero-order chi connectivity index (χ0) is 12.1. The van der Waals surface area contributed by atoms with E-state index in [1.165, 1.54) is 6.42 Å². The van der Waals surface area contributed by atoms with Gasteiger partial charge in [-0.05, 0) is 32.7 Å². The molecule has 2 heterocycles. The molecule has 4 heteroatoms. The van der Waals surface area contributed by atoms with Gasteiger partial charge in [0.05, 0.1) is 0 Å². The topological polar surface area (TPSA) is 47.0 Å². The van der Waals surface area contributed by atoms with Gasteiger partial charge in [0.2, 0.25) is 0 Å². The van der Waals surface area contributed by atoms with Gasteiger partial charge in [0.25, 0.3) is 0 Å². The average molecular weight is 235 g/mol. The van der Waals surface area contributed by atoms with E-state index in [0.29, 0.717) is 0 Å². The van der Waals surface area contributed by atoms with Crippen molar-refractivity contribution in [3.63, 3.8) is 0 Å². The first kappa shape index (κ1) is 12.5. The van der Waals surface area contributed by atoms with E-state index >= 15 is 0 Å². The monoisotopic (exact) mass is 235 g/mol. The van der Waals surface area contributed by atoms with Crippen molar-refractivity contribution >= 4 is 0 Å². The number of hydrogen-bond donors (Lipinski definition) is 1. The van der Waals surface area contributed by atoms with Crippen LogP contribution in [-0.2, 0) is 16.9 Å². The molecule has 1 atom stereocenters. The minimum atomic E-state index is -0.283. The van der Waals surface area contributed by atoms with Crippen LogP contribution < -0.4 is 5.32 Å². The van der Waals surface area contributed by atoms with Crippen LogP contribution in [0.3, 0.4) is 0 Å². The van der Waals surface area contributed by atoms with E-state index in [4.69, 9.17) is 4.74 Å². The van der Waals surface area contributed by atoms with Crippen LogP contribution in [-0.4, -0.2) is 23.1 Å². The Morgan fingerprint density at radius 2 is 2.12 bits per heavy atom. The fraction of sp³-hybridized carbons (Fsp3) is 0.692. The number of rotatable bonds is 4. The molecule has 0 radical (unpaired) electrons. The lowest BCUT2D eigenvalue weighted by molar-refractivity contribution is -0.0760. The standard InChI is InChI=1S/C13H21N3O/c1-3-14-8-11-9-15-12(16-10-11)13(2)6-4-5-7-17-13/h9-10,14H,3-8H2,1-2H3. The lowest BCUT2D eigenvalue weighted by atomic mass is 9.95. The van der Waals surface area contributed by atoms with Crippen LogP contribution in [0.1, 0.15) is 44.5 Å². The Hall–Kier alpha value is -1.00. The zero-order valence-electron chi connectivity index (χ0n) is 10.7. The first-order valence-corrected chi connectivity index (χ1v) is 6.41. The summed E-state index contributed by atoms with van der Waals surface area (Å²) in [5.74, 6) is 0.817. The zero-order valence-corrected chi connectivity index (χ0v) is 10.7. The molecule has 0 spiro atoms. The summed E-state index contributed by atoms with van der Waals surface area (Å²) in [5, 5.41) is 3.26.